The minimum atomic E-state index is 0.0728. The van der Waals surface area contributed by atoms with Crippen molar-refractivity contribution in [3.05, 3.63) is 0 Å². The summed E-state index contributed by atoms with van der Waals surface area (Å²) in [6.45, 7) is 4.34. The number of hydrogen-bond acceptors (Lipinski definition) is 2. The van der Waals surface area contributed by atoms with Crippen LogP contribution in [0.1, 0.15) is 65.2 Å². The Balaban J connectivity index is 1.89. The molecule has 0 aromatic carbocycles. The summed E-state index contributed by atoms with van der Waals surface area (Å²) >= 11 is 0. The van der Waals surface area contributed by atoms with Gasteiger partial charge in [0.15, 0.2) is 0 Å². The van der Waals surface area contributed by atoms with Crippen molar-refractivity contribution in [2.75, 3.05) is 7.05 Å². The van der Waals surface area contributed by atoms with Crippen LogP contribution in [0, 0.1) is 5.92 Å². The fraction of sp³-hybridized carbons (Fsp3) is 0.938. The molecule has 2 fully saturated rings. The topological polar surface area (TPSA) is 32.3 Å². The summed E-state index contributed by atoms with van der Waals surface area (Å²) in [6, 6.07) is 1.04. The van der Waals surface area contributed by atoms with E-state index in [1.807, 2.05) is 11.9 Å². The van der Waals surface area contributed by atoms with E-state index in [2.05, 4.69) is 19.2 Å². The maximum absolute atomic E-state index is 12.6. The average Bonchev–Trinajstić information content (AvgIpc) is 2.45. The molecule has 19 heavy (non-hydrogen) atoms. The lowest BCUT2D eigenvalue weighted by atomic mass is 9.77. The molecule has 3 heteroatoms. The van der Waals surface area contributed by atoms with Gasteiger partial charge in [-0.3, -0.25) is 4.79 Å². The second kappa shape index (κ2) is 6.74. The van der Waals surface area contributed by atoms with Crippen LogP contribution in [0.15, 0.2) is 0 Å². The summed E-state index contributed by atoms with van der Waals surface area (Å²) < 4.78 is 0. The maximum Gasteiger partial charge on any atom is 0.239 e. The van der Waals surface area contributed by atoms with E-state index in [9.17, 15) is 4.79 Å². The third kappa shape index (κ3) is 3.50. The quantitative estimate of drug-likeness (QED) is 0.848. The van der Waals surface area contributed by atoms with Gasteiger partial charge in [0.2, 0.25) is 5.91 Å². The molecule has 3 nitrogen and oxygen atoms in total. The van der Waals surface area contributed by atoms with Gasteiger partial charge in [0.25, 0.3) is 0 Å². The molecule has 1 saturated carbocycles. The second-order valence-corrected chi connectivity index (χ2v) is 6.53. The lowest BCUT2D eigenvalue weighted by Gasteiger charge is -2.41. The molecule has 1 aliphatic carbocycles. The lowest BCUT2D eigenvalue weighted by Crippen LogP contribution is -2.56. The molecule has 1 N–H and O–H groups in total. The Hall–Kier alpha value is -0.570. The molecule has 110 valence electrons. The van der Waals surface area contributed by atoms with Crippen LogP contribution in [0.2, 0.25) is 0 Å². The van der Waals surface area contributed by atoms with Gasteiger partial charge in [-0.25, -0.2) is 0 Å². The summed E-state index contributed by atoms with van der Waals surface area (Å²) in [5.74, 6) is 1.14. The predicted octanol–water partition coefficient (Wildman–Crippen LogP) is 2.94. The standard InChI is InChI=1S/C16H30N2O/c1-4-7-12(2)18(3)16(19)15-11-10-13-8-5-6-9-14(13)17-15/h12-15,17H,4-11H2,1-3H3. The third-order valence-electron chi connectivity index (χ3n) is 5.16. The van der Waals surface area contributed by atoms with Crippen molar-refractivity contribution < 1.29 is 4.79 Å². The highest BCUT2D eigenvalue weighted by atomic mass is 16.2. The highest BCUT2D eigenvalue weighted by molar-refractivity contribution is 5.82. The molecule has 4 atom stereocenters. The van der Waals surface area contributed by atoms with E-state index in [0.717, 1.165) is 25.2 Å². The van der Waals surface area contributed by atoms with E-state index in [0.29, 0.717) is 18.0 Å². The minimum absolute atomic E-state index is 0.0728. The Bertz CT molecular complexity index is 305. The van der Waals surface area contributed by atoms with Crippen LogP contribution in [-0.2, 0) is 4.79 Å². The summed E-state index contributed by atoms with van der Waals surface area (Å²) in [5, 5.41) is 3.64. The van der Waals surface area contributed by atoms with Gasteiger partial charge in [-0.1, -0.05) is 26.2 Å². The van der Waals surface area contributed by atoms with E-state index < -0.39 is 0 Å². The molecule has 0 aromatic rings. The molecule has 0 bridgehead atoms. The maximum atomic E-state index is 12.6. The number of rotatable bonds is 4. The van der Waals surface area contributed by atoms with Crippen molar-refractivity contribution in [2.24, 2.45) is 5.92 Å². The van der Waals surface area contributed by atoms with Crippen molar-refractivity contribution in [1.29, 1.82) is 0 Å². The van der Waals surface area contributed by atoms with Crippen LogP contribution >= 0.6 is 0 Å². The van der Waals surface area contributed by atoms with Crippen LogP contribution in [0.3, 0.4) is 0 Å². The Morgan fingerprint density at radius 2 is 2.00 bits per heavy atom. The monoisotopic (exact) mass is 266 g/mol. The average molecular weight is 266 g/mol. The number of amides is 1. The number of likely N-dealkylation sites (N-methyl/N-ethyl adjacent to an activating group) is 1. The van der Waals surface area contributed by atoms with Gasteiger partial charge in [0.05, 0.1) is 6.04 Å². The number of carbonyl (C=O) groups excluding carboxylic acids is 1. The number of fused-ring (bicyclic) bond motifs is 1. The SMILES string of the molecule is CCCC(C)N(C)C(=O)C1CCC2CCCCC2N1. The number of carbonyl (C=O) groups is 1. The molecule has 0 aromatic heterocycles. The van der Waals surface area contributed by atoms with Crippen LogP contribution < -0.4 is 5.32 Å². The van der Waals surface area contributed by atoms with Gasteiger partial charge in [0, 0.05) is 19.1 Å². The summed E-state index contributed by atoms with van der Waals surface area (Å²) in [6.07, 6.45) is 9.85. The zero-order valence-electron chi connectivity index (χ0n) is 12.8. The molecule has 1 amide bonds. The molecule has 2 aliphatic rings. The molecule has 2 rings (SSSR count). The fourth-order valence-corrected chi connectivity index (χ4v) is 3.76. The van der Waals surface area contributed by atoms with Gasteiger partial charge in [-0.15, -0.1) is 0 Å². The predicted molar refractivity (Wildman–Crippen MR) is 79.0 cm³/mol. The van der Waals surface area contributed by atoms with E-state index in [1.165, 1.54) is 32.1 Å². The van der Waals surface area contributed by atoms with Crippen LogP contribution in [0.5, 0.6) is 0 Å². The van der Waals surface area contributed by atoms with Crippen LogP contribution in [0.25, 0.3) is 0 Å². The van der Waals surface area contributed by atoms with Crippen molar-refractivity contribution >= 4 is 5.91 Å². The van der Waals surface area contributed by atoms with E-state index in [4.69, 9.17) is 0 Å². The molecule has 0 spiro atoms. The first kappa shape index (κ1) is 14.8. The molecule has 1 saturated heterocycles. The largest absolute Gasteiger partial charge is 0.342 e. The van der Waals surface area contributed by atoms with Crippen LogP contribution in [-0.4, -0.2) is 36.0 Å². The highest BCUT2D eigenvalue weighted by Gasteiger charge is 2.35. The molecule has 1 heterocycles. The van der Waals surface area contributed by atoms with Crippen molar-refractivity contribution in [1.82, 2.24) is 10.2 Å². The van der Waals surface area contributed by atoms with E-state index in [1.54, 1.807) is 0 Å². The van der Waals surface area contributed by atoms with Gasteiger partial charge >= 0.3 is 0 Å². The van der Waals surface area contributed by atoms with Crippen molar-refractivity contribution in [3.8, 4) is 0 Å². The number of hydrogen-bond donors (Lipinski definition) is 1. The first-order valence-corrected chi connectivity index (χ1v) is 8.16. The molecule has 0 radical (unpaired) electrons. The smallest absolute Gasteiger partial charge is 0.239 e. The zero-order valence-corrected chi connectivity index (χ0v) is 12.8. The first-order valence-electron chi connectivity index (χ1n) is 8.16. The number of nitrogens with zero attached hydrogens (tertiary/aromatic N) is 1. The molecule has 1 aliphatic heterocycles. The van der Waals surface area contributed by atoms with Gasteiger partial charge in [-0.05, 0) is 44.9 Å². The highest BCUT2D eigenvalue weighted by Crippen LogP contribution is 2.32. The van der Waals surface area contributed by atoms with Gasteiger partial charge in [0.1, 0.15) is 0 Å². The minimum Gasteiger partial charge on any atom is -0.342 e. The van der Waals surface area contributed by atoms with Crippen molar-refractivity contribution in [2.45, 2.75) is 83.3 Å². The Labute approximate surface area is 118 Å². The molecular weight excluding hydrogens is 236 g/mol. The van der Waals surface area contributed by atoms with Crippen LogP contribution in [0.4, 0.5) is 0 Å². The van der Waals surface area contributed by atoms with Gasteiger partial charge in [-0.2, -0.15) is 0 Å². The Morgan fingerprint density at radius 3 is 2.74 bits per heavy atom. The summed E-state index contributed by atoms with van der Waals surface area (Å²) in [4.78, 5) is 14.5. The summed E-state index contributed by atoms with van der Waals surface area (Å²) in [7, 11) is 1.97. The lowest BCUT2D eigenvalue weighted by molar-refractivity contribution is -0.135. The second-order valence-electron chi connectivity index (χ2n) is 6.53. The first-order chi connectivity index (χ1) is 9.13. The van der Waals surface area contributed by atoms with Gasteiger partial charge < -0.3 is 10.2 Å². The summed E-state index contributed by atoms with van der Waals surface area (Å²) in [5.41, 5.74) is 0. The Kier molecular flexibility index (Phi) is 5.26. The van der Waals surface area contributed by atoms with E-state index >= 15 is 0 Å². The Morgan fingerprint density at radius 1 is 1.26 bits per heavy atom. The van der Waals surface area contributed by atoms with Crippen molar-refractivity contribution in [3.63, 3.8) is 0 Å². The molecule has 4 unspecified atom stereocenters. The number of piperidine rings is 1. The van der Waals surface area contributed by atoms with E-state index in [-0.39, 0.29) is 6.04 Å². The normalized spacial score (nSPS) is 32.5. The zero-order chi connectivity index (χ0) is 13.8. The fourth-order valence-electron chi connectivity index (χ4n) is 3.76. The third-order valence-corrected chi connectivity index (χ3v) is 5.16. The number of nitrogens with one attached hydrogen (secondary N) is 1. The molecular formula is C16H30N2O.